The van der Waals surface area contributed by atoms with Crippen LogP contribution in [0.25, 0.3) is 22.6 Å². The summed E-state index contributed by atoms with van der Waals surface area (Å²) in [6.07, 6.45) is 6.45. The van der Waals surface area contributed by atoms with Gasteiger partial charge in [-0.1, -0.05) is 23.2 Å². The van der Waals surface area contributed by atoms with E-state index in [1.807, 2.05) is 28.8 Å². The molecule has 11 heteroatoms. The molecule has 2 saturated heterocycles. The summed E-state index contributed by atoms with van der Waals surface area (Å²) in [4.78, 5) is 20.8. The number of aromatic nitrogens is 5. The lowest BCUT2D eigenvalue weighted by molar-refractivity contribution is -0.0116. The summed E-state index contributed by atoms with van der Waals surface area (Å²) in [7, 11) is 0. The van der Waals surface area contributed by atoms with E-state index in [-0.39, 0.29) is 5.60 Å². The van der Waals surface area contributed by atoms with E-state index in [4.69, 9.17) is 37.7 Å². The van der Waals surface area contributed by atoms with E-state index in [9.17, 15) is 0 Å². The number of pyridine rings is 1. The van der Waals surface area contributed by atoms with Crippen LogP contribution in [0, 0.1) is 0 Å². The Morgan fingerprint density at radius 3 is 2.62 bits per heavy atom. The first kappa shape index (κ1) is 25.0. The lowest BCUT2D eigenvalue weighted by atomic mass is 9.80. The van der Waals surface area contributed by atoms with Crippen LogP contribution in [-0.2, 0) is 6.54 Å². The van der Waals surface area contributed by atoms with Crippen molar-refractivity contribution in [3.8, 4) is 23.0 Å². The van der Waals surface area contributed by atoms with Gasteiger partial charge in [0.1, 0.15) is 30.1 Å². The molecule has 1 spiro atoms. The number of nitrogens with one attached hydrogen (secondary N) is 1. The number of halogens is 2. The molecule has 5 heterocycles. The Morgan fingerprint density at radius 1 is 1.05 bits per heavy atom. The number of hydrogen-bond donors (Lipinski definition) is 1. The van der Waals surface area contributed by atoms with Crippen LogP contribution in [0.2, 0.25) is 10.0 Å². The number of fused-ring (bicyclic) bond motifs is 1. The Hall–Kier alpha value is -2.98. The van der Waals surface area contributed by atoms with Crippen molar-refractivity contribution in [2.45, 2.75) is 43.9 Å². The molecule has 3 aromatic heterocycles. The van der Waals surface area contributed by atoms with E-state index < -0.39 is 0 Å². The van der Waals surface area contributed by atoms with Crippen LogP contribution in [0.5, 0.6) is 11.6 Å². The minimum absolute atomic E-state index is 0.207. The minimum Gasteiger partial charge on any atom is -0.492 e. The van der Waals surface area contributed by atoms with Crippen molar-refractivity contribution in [1.82, 2.24) is 34.7 Å². The predicted molar refractivity (Wildman–Crippen MR) is 150 cm³/mol. The van der Waals surface area contributed by atoms with E-state index >= 15 is 0 Å². The van der Waals surface area contributed by atoms with Crippen LogP contribution in [-0.4, -0.2) is 73.3 Å². The molecule has 0 atom stereocenters. The monoisotopic (exact) mass is 565 g/mol. The minimum atomic E-state index is -0.207. The molecule has 1 aliphatic carbocycles. The molecule has 7 rings (SSSR count). The predicted octanol–water partition coefficient (Wildman–Crippen LogP) is 4.60. The molecule has 1 N–H and O–H groups in total. The molecule has 2 aliphatic heterocycles. The highest BCUT2D eigenvalue weighted by Crippen LogP contribution is 2.41. The smallest absolute Gasteiger partial charge is 0.245 e. The Labute approximate surface area is 236 Å². The molecule has 9 nitrogen and oxygen atoms in total. The molecule has 0 bridgehead atoms. The van der Waals surface area contributed by atoms with E-state index in [1.165, 1.54) is 12.7 Å². The van der Waals surface area contributed by atoms with Crippen LogP contribution >= 0.6 is 23.2 Å². The lowest BCUT2D eigenvalue weighted by Gasteiger charge is -2.56. The van der Waals surface area contributed by atoms with Crippen molar-refractivity contribution in [2.75, 3.05) is 32.8 Å². The fourth-order valence-electron chi connectivity index (χ4n) is 5.33. The SMILES string of the molecule is CC1(Oc2ncnc3c2nc(-c2ccc(OCCN4CC5(CCN5)C4)cc2Cl)n3Cc2cc(Cl)ccn2)CC1. The van der Waals surface area contributed by atoms with Crippen molar-refractivity contribution < 1.29 is 9.47 Å². The van der Waals surface area contributed by atoms with Gasteiger partial charge in [0.05, 0.1) is 17.3 Å². The van der Waals surface area contributed by atoms with E-state index in [2.05, 4.69) is 32.1 Å². The number of hydrogen-bond acceptors (Lipinski definition) is 8. The number of nitrogens with zero attached hydrogens (tertiary/aromatic N) is 6. The van der Waals surface area contributed by atoms with Crippen molar-refractivity contribution in [3.05, 3.63) is 58.6 Å². The largest absolute Gasteiger partial charge is 0.492 e. The van der Waals surface area contributed by atoms with Gasteiger partial charge in [-0.05, 0) is 63.1 Å². The van der Waals surface area contributed by atoms with E-state index in [0.717, 1.165) is 56.0 Å². The average molecular weight is 566 g/mol. The van der Waals surface area contributed by atoms with Crippen molar-refractivity contribution >= 4 is 34.4 Å². The number of rotatable bonds is 9. The summed E-state index contributed by atoms with van der Waals surface area (Å²) in [6.45, 7) is 7.32. The molecular formula is C28H29Cl2N7O2. The number of likely N-dealkylation sites (tertiary alicyclic amines) is 1. The van der Waals surface area contributed by atoms with Crippen LogP contribution < -0.4 is 14.8 Å². The first-order valence-corrected chi connectivity index (χ1v) is 14.1. The molecule has 3 aliphatic rings. The fraction of sp³-hybridized carbons (Fsp3) is 0.429. The second-order valence-electron chi connectivity index (χ2n) is 11.0. The van der Waals surface area contributed by atoms with Gasteiger partial charge >= 0.3 is 0 Å². The number of benzene rings is 1. The molecule has 1 saturated carbocycles. The van der Waals surface area contributed by atoms with Gasteiger partial charge in [0, 0.05) is 42.0 Å². The highest BCUT2D eigenvalue weighted by molar-refractivity contribution is 6.33. The lowest BCUT2D eigenvalue weighted by Crippen LogP contribution is -2.75. The fourth-order valence-corrected chi connectivity index (χ4v) is 5.77. The van der Waals surface area contributed by atoms with Gasteiger partial charge in [-0.25, -0.2) is 9.97 Å². The van der Waals surface area contributed by atoms with Gasteiger partial charge in [0.25, 0.3) is 0 Å². The molecule has 3 fully saturated rings. The highest BCUT2D eigenvalue weighted by atomic mass is 35.5. The van der Waals surface area contributed by atoms with Gasteiger partial charge in [-0.2, -0.15) is 4.98 Å². The average Bonchev–Trinajstić information content (AvgIpc) is 3.48. The molecule has 0 amide bonds. The van der Waals surface area contributed by atoms with Gasteiger partial charge in [0.15, 0.2) is 11.2 Å². The maximum atomic E-state index is 6.84. The number of imidazole rings is 1. The highest BCUT2D eigenvalue weighted by Gasteiger charge is 2.46. The molecule has 0 unspecified atom stereocenters. The molecular weight excluding hydrogens is 537 g/mol. The maximum absolute atomic E-state index is 6.84. The Balaban J connectivity index is 1.17. The summed E-state index contributed by atoms with van der Waals surface area (Å²) >= 11 is 13.1. The van der Waals surface area contributed by atoms with E-state index in [0.29, 0.717) is 51.6 Å². The summed E-state index contributed by atoms with van der Waals surface area (Å²) < 4.78 is 14.2. The van der Waals surface area contributed by atoms with Crippen LogP contribution in [0.3, 0.4) is 0 Å². The van der Waals surface area contributed by atoms with Gasteiger partial charge < -0.3 is 19.4 Å². The van der Waals surface area contributed by atoms with Crippen LogP contribution in [0.15, 0.2) is 42.9 Å². The normalized spacial score (nSPS) is 19.1. The quantitative estimate of drug-likeness (QED) is 0.315. The zero-order chi connectivity index (χ0) is 26.6. The topological polar surface area (TPSA) is 90.2 Å². The summed E-state index contributed by atoms with van der Waals surface area (Å²) in [6, 6.07) is 9.30. The molecule has 39 heavy (non-hydrogen) atoms. The summed E-state index contributed by atoms with van der Waals surface area (Å²) in [5.74, 6) is 1.85. The van der Waals surface area contributed by atoms with Crippen LogP contribution in [0.1, 0.15) is 31.9 Å². The third-order valence-corrected chi connectivity index (χ3v) is 8.46. The Bertz CT molecular complexity index is 1540. The van der Waals surface area contributed by atoms with Crippen LogP contribution in [0.4, 0.5) is 0 Å². The van der Waals surface area contributed by atoms with Gasteiger partial charge in [0.2, 0.25) is 5.88 Å². The first-order chi connectivity index (χ1) is 18.9. The second kappa shape index (κ2) is 9.59. The van der Waals surface area contributed by atoms with E-state index in [1.54, 1.807) is 12.3 Å². The van der Waals surface area contributed by atoms with Gasteiger partial charge in [-0.15, -0.1) is 0 Å². The Morgan fingerprint density at radius 2 is 1.90 bits per heavy atom. The van der Waals surface area contributed by atoms with Gasteiger partial charge in [-0.3, -0.25) is 9.88 Å². The third-order valence-electron chi connectivity index (χ3n) is 7.91. The van der Waals surface area contributed by atoms with Crippen molar-refractivity contribution in [2.24, 2.45) is 0 Å². The maximum Gasteiger partial charge on any atom is 0.245 e. The zero-order valence-electron chi connectivity index (χ0n) is 21.7. The van der Waals surface area contributed by atoms with Crippen molar-refractivity contribution in [1.29, 1.82) is 0 Å². The molecule has 202 valence electrons. The molecule has 4 aromatic rings. The third kappa shape index (κ3) is 4.93. The Kier molecular flexibility index (Phi) is 6.15. The summed E-state index contributed by atoms with van der Waals surface area (Å²) in [5, 5.41) is 4.69. The standard InChI is InChI=1S/C28H29Cl2N7O2/c1-27(5-6-27)39-26-23-25(32-17-33-26)37(14-19-12-18(29)4-8-31-19)24(35-23)21-3-2-20(13-22(21)30)38-11-10-36-15-28(16-36)7-9-34-28/h2-4,8,12-13,17,34H,5-7,9-11,14-16H2,1H3. The summed E-state index contributed by atoms with van der Waals surface area (Å²) in [5.41, 5.74) is 2.94. The molecule has 0 radical (unpaired) electrons. The number of ether oxygens (including phenoxy) is 2. The first-order valence-electron chi connectivity index (χ1n) is 13.3. The van der Waals surface area contributed by atoms with Crippen molar-refractivity contribution in [3.63, 3.8) is 0 Å². The molecule has 1 aromatic carbocycles. The zero-order valence-corrected chi connectivity index (χ0v) is 23.2. The second-order valence-corrected chi connectivity index (χ2v) is 11.9.